The fourth-order valence-electron chi connectivity index (χ4n) is 3.58. The molecule has 0 atom stereocenters. The van der Waals surface area contributed by atoms with Gasteiger partial charge in [0.25, 0.3) is 5.91 Å². The fourth-order valence-corrected chi connectivity index (χ4v) is 3.58. The van der Waals surface area contributed by atoms with E-state index in [1.165, 1.54) is 21.3 Å². The molecule has 0 saturated heterocycles. The summed E-state index contributed by atoms with van der Waals surface area (Å²) in [6, 6.07) is 6.71. The lowest BCUT2D eigenvalue weighted by molar-refractivity contribution is 0.0994. The molecule has 144 valence electrons. The minimum Gasteiger partial charge on any atom is -0.496 e. The van der Waals surface area contributed by atoms with Crippen LogP contribution in [0.5, 0.6) is 17.2 Å². The minimum absolute atomic E-state index is 0.0511. The highest BCUT2D eigenvalue weighted by Crippen LogP contribution is 2.45. The van der Waals surface area contributed by atoms with Crippen LogP contribution in [0.4, 0.5) is 0 Å². The minimum atomic E-state index is -0.799. The van der Waals surface area contributed by atoms with Gasteiger partial charge in [-0.05, 0) is 64.8 Å². The molecule has 0 spiro atoms. The van der Waals surface area contributed by atoms with Gasteiger partial charge in [-0.15, -0.1) is 0 Å². The zero-order valence-electron chi connectivity index (χ0n) is 15.8. The van der Waals surface area contributed by atoms with Crippen molar-refractivity contribution in [1.82, 2.24) is 0 Å². The predicted molar refractivity (Wildman–Crippen MR) is 103 cm³/mol. The highest BCUT2D eigenvalue weighted by Gasteiger charge is 2.27. The van der Waals surface area contributed by atoms with Crippen LogP contribution < -0.4 is 19.6 Å². The molecular weight excluding hydrogens is 362 g/mol. The molecule has 1 amide bonds. The van der Waals surface area contributed by atoms with Crippen LogP contribution in [-0.2, 0) is 12.8 Å². The summed E-state index contributed by atoms with van der Waals surface area (Å²) in [6.45, 7) is 0. The molecule has 1 aliphatic rings. The number of methoxy groups -OCH3 is 3. The average molecular weight is 381 g/mol. The van der Waals surface area contributed by atoms with Crippen LogP contribution in [0.2, 0.25) is 0 Å². The van der Waals surface area contributed by atoms with E-state index in [1.54, 1.807) is 24.3 Å². The molecule has 0 bridgehead atoms. The number of aryl methyl sites for hydroxylation is 2. The maximum atomic E-state index is 12.5. The van der Waals surface area contributed by atoms with Crippen molar-refractivity contribution in [2.75, 3.05) is 21.3 Å². The number of carbonyl (C=O) groups is 1. The standard InChI is InChI=1S/C20H19N3O5/c1-26-15-8-7-13-11(9-14(15)24)5-4-6-12-10-16(27-2)18(20(25)22-23-21)19(28-3)17(12)13/h7-10H,4-6H2,1-3H3. The van der Waals surface area contributed by atoms with Gasteiger partial charge in [-0.1, -0.05) is 6.07 Å². The third-order valence-corrected chi connectivity index (χ3v) is 4.78. The Bertz CT molecular complexity index is 1060. The van der Waals surface area contributed by atoms with Crippen LogP contribution in [0.1, 0.15) is 27.9 Å². The molecule has 28 heavy (non-hydrogen) atoms. The van der Waals surface area contributed by atoms with Gasteiger partial charge in [0.2, 0.25) is 5.43 Å². The maximum Gasteiger partial charge on any atom is 0.256 e. The van der Waals surface area contributed by atoms with Crippen LogP contribution >= 0.6 is 0 Å². The molecule has 0 saturated carbocycles. The Labute approximate surface area is 161 Å². The Kier molecular flexibility index (Phi) is 5.52. The second-order valence-electron chi connectivity index (χ2n) is 6.22. The van der Waals surface area contributed by atoms with Gasteiger partial charge < -0.3 is 14.2 Å². The topological polar surface area (TPSA) is 111 Å². The molecule has 8 heteroatoms. The molecule has 0 unspecified atom stereocenters. The van der Waals surface area contributed by atoms with E-state index in [2.05, 4.69) is 10.0 Å². The number of nitrogens with zero attached hydrogens (tertiary/aromatic N) is 3. The summed E-state index contributed by atoms with van der Waals surface area (Å²) in [6.07, 6.45) is 2.20. The molecular formula is C20H19N3O5. The maximum absolute atomic E-state index is 12.5. The van der Waals surface area contributed by atoms with Crippen molar-refractivity contribution < 1.29 is 19.0 Å². The van der Waals surface area contributed by atoms with Crippen molar-refractivity contribution in [2.24, 2.45) is 5.11 Å². The highest BCUT2D eigenvalue weighted by atomic mass is 16.5. The van der Waals surface area contributed by atoms with Crippen LogP contribution in [0, 0.1) is 0 Å². The number of ether oxygens (including phenoxy) is 3. The first-order valence-electron chi connectivity index (χ1n) is 8.64. The molecule has 2 aromatic carbocycles. The first-order valence-corrected chi connectivity index (χ1v) is 8.64. The zero-order valence-corrected chi connectivity index (χ0v) is 15.8. The van der Waals surface area contributed by atoms with Gasteiger partial charge in [0, 0.05) is 10.5 Å². The lowest BCUT2D eigenvalue weighted by Gasteiger charge is -2.18. The fraction of sp³-hybridized carbons (Fsp3) is 0.300. The second kappa shape index (κ2) is 8.02. The van der Waals surface area contributed by atoms with Crippen molar-refractivity contribution in [1.29, 1.82) is 0 Å². The number of carbonyl (C=O) groups excluding carboxylic acids is 1. The van der Waals surface area contributed by atoms with Crippen molar-refractivity contribution in [2.45, 2.75) is 19.3 Å². The van der Waals surface area contributed by atoms with Gasteiger partial charge >= 0.3 is 0 Å². The van der Waals surface area contributed by atoms with Crippen molar-refractivity contribution >= 4 is 5.91 Å². The van der Waals surface area contributed by atoms with Gasteiger partial charge in [-0.25, -0.2) is 0 Å². The first-order chi connectivity index (χ1) is 13.5. The Balaban J connectivity index is 2.44. The van der Waals surface area contributed by atoms with E-state index in [-0.39, 0.29) is 28.2 Å². The average Bonchev–Trinajstić information content (AvgIpc) is 2.95. The normalized spacial score (nSPS) is 12.0. The summed E-state index contributed by atoms with van der Waals surface area (Å²) < 4.78 is 16.1. The zero-order chi connectivity index (χ0) is 20.3. The van der Waals surface area contributed by atoms with Gasteiger partial charge in [-0.2, -0.15) is 0 Å². The first kappa shape index (κ1) is 19.3. The van der Waals surface area contributed by atoms with Gasteiger partial charge in [-0.3, -0.25) is 9.59 Å². The van der Waals surface area contributed by atoms with Gasteiger partial charge in [0.1, 0.15) is 17.1 Å². The predicted octanol–water partition coefficient (Wildman–Crippen LogP) is 3.68. The smallest absolute Gasteiger partial charge is 0.256 e. The summed E-state index contributed by atoms with van der Waals surface area (Å²) in [5.41, 5.74) is 11.7. The highest BCUT2D eigenvalue weighted by molar-refractivity contribution is 6.03. The van der Waals surface area contributed by atoms with Crippen LogP contribution in [-0.4, -0.2) is 27.2 Å². The molecule has 0 N–H and O–H groups in total. The number of amides is 1. The molecule has 0 radical (unpaired) electrons. The van der Waals surface area contributed by atoms with E-state index >= 15 is 0 Å². The van der Waals surface area contributed by atoms with Gasteiger partial charge in [0.15, 0.2) is 5.75 Å². The molecule has 2 aromatic rings. The monoisotopic (exact) mass is 381 g/mol. The molecule has 0 fully saturated rings. The number of fused-ring (bicyclic) bond motifs is 3. The van der Waals surface area contributed by atoms with E-state index in [0.29, 0.717) is 18.4 Å². The second-order valence-corrected chi connectivity index (χ2v) is 6.22. The summed E-state index contributed by atoms with van der Waals surface area (Å²) in [4.78, 5) is 27.4. The molecule has 0 heterocycles. The lowest BCUT2D eigenvalue weighted by Crippen LogP contribution is -2.06. The van der Waals surface area contributed by atoms with E-state index in [0.717, 1.165) is 23.1 Å². The van der Waals surface area contributed by atoms with Crippen molar-refractivity contribution in [3.05, 3.63) is 61.6 Å². The quantitative estimate of drug-likeness (QED) is 0.456. The Morgan fingerprint density at radius 2 is 1.75 bits per heavy atom. The van der Waals surface area contributed by atoms with Crippen molar-refractivity contribution in [3.8, 4) is 28.4 Å². The van der Waals surface area contributed by atoms with Crippen LogP contribution in [0.3, 0.4) is 0 Å². The Hall–Kier alpha value is -3.51. The molecule has 8 nitrogen and oxygen atoms in total. The molecule has 3 rings (SSSR count). The number of hydrogen-bond acceptors (Lipinski definition) is 5. The summed E-state index contributed by atoms with van der Waals surface area (Å²) >= 11 is 0. The summed E-state index contributed by atoms with van der Waals surface area (Å²) in [5.74, 6) is -0.0361. The summed E-state index contributed by atoms with van der Waals surface area (Å²) in [5, 5.41) is 3.21. The summed E-state index contributed by atoms with van der Waals surface area (Å²) in [7, 11) is 4.32. The third-order valence-electron chi connectivity index (χ3n) is 4.78. The number of hydrogen-bond donors (Lipinski definition) is 0. The van der Waals surface area contributed by atoms with Crippen molar-refractivity contribution in [3.63, 3.8) is 0 Å². The van der Waals surface area contributed by atoms with Gasteiger partial charge in [0.05, 0.1) is 21.3 Å². The molecule has 0 aliphatic heterocycles. The SMILES string of the molecule is COc1cc2c(c(OC)c1C(=O)N=[N+]=[N-])-c1ccc(OC)c(=O)cc1CCC2. The third kappa shape index (κ3) is 3.25. The van der Waals surface area contributed by atoms with Crippen LogP contribution in [0.25, 0.3) is 21.6 Å². The van der Waals surface area contributed by atoms with E-state index in [9.17, 15) is 9.59 Å². The van der Waals surface area contributed by atoms with E-state index in [4.69, 9.17) is 19.7 Å². The number of benzene rings is 1. The Morgan fingerprint density at radius 3 is 2.39 bits per heavy atom. The largest absolute Gasteiger partial charge is 0.496 e. The van der Waals surface area contributed by atoms with E-state index in [1.807, 2.05) is 0 Å². The molecule has 1 aliphatic carbocycles. The van der Waals surface area contributed by atoms with Crippen LogP contribution in [0.15, 0.2) is 34.2 Å². The van der Waals surface area contributed by atoms with E-state index < -0.39 is 5.91 Å². The number of rotatable bonds is 4. The Morgan fingerprint density at radius 1 is 1.04 bits per heavy atom. The molecule has 0 aromatic heterocycles. The number of azide groups is 1. The lowest BCUT2D eigenvalue weighted by atomic mass is 9.93.